The standard InChI is InChI=1S/C34H38Cl2F2N4O5S2/c1-34(2,21-9-14-26(35)30(16-21)47-6)31-19-39-33(42(31)23-12-10-22(37)11-13-23)48-20-25-27(36)17-24(18-28(25)38)49(45,46)41(5)29(32(43)44)8-7-15-40(3)4/h9-14,16-19,29H,7-8,15,20H2,1-6H3,(H,43,44)/p+1/t29-/m0/s1. The lowest BCUT2D eigenvalue weighted by Gasteiger charge is -2.28. The van der Waals surface area contributed by atoms with Gasteiger partial charge in [0, 0.05) is 34.5 Å². The molecule has 1 aromatic heterocycles. The summed E-state index contributed by atoms with van der Waals surface area (Å²) in [6.07, 6.45) is 2.26. The normalized spacial score (nSPS) is 12.9. The molecule has 1 heterocycles. The summed E-state index contributed by atoms with van der Waals surface area (Å²) in [5.41, 5.74) is 1.59. The molecule has 0 aliphatic heterocycles. The number of nitrogens with zero attached hydrogens (tertiary/aromatic N) is 3. The molecular formula is C34H39Cl2F2N4O5S2+. The number of imidazole rings is 1. The number of halogens is 4. The Hall–Kier alpha value is -3.20. The molecule has 4 rings (SSSR count). The van der Waals surface area contributed by atoms with Gasteiger partial charge in [-0.2, -0.15) is 4.31 Å². The highest BCUT2D eigenvalue weighted by Crippen LogP contribution is 2.40. The maximum absolute atomic E-state index is 15.7. The molecule has 49 heavy (non-hydrogen) atoms. The average Bonchev–Trinajstić information content (AvgIpc) is 3.47. The van der Waals surface area contributed by atoms with E-state index in [4.69, 9.17) is 27.9 Å². The lowest BCUT2D eigenvalue weighted by molar-refractivity contribution is -0.858. The molecule has 0 spiro atoms. The minimum absolute atomic E-state index is 0.0295. The molecule has 9 nitrogen and oxygen atoms in total. The Morgan fingerprint density at radius 3 is 2.37 bits per heavy atom. The van der Waals surface area contributed by atoms with Gasteiger partial charge in [0.2, 0.25) is 10.0 Å². The Balaban J connectivity index is 1.67. The van der Waals surface area contributed by atoms with Crippen molar-refractivity contribution in [2.45, 2.75) is 54.0 Å². The molecule has 0 aliphatic rings. The number of nitrogens with one attached hydrogen (secondary N) is 1. The lowest BCUT2D eigenvalue weighted by Crippen LogP contribution is -3.05. The summed E-state index contributed by atoms with van der Waals surface area (Å²) in [4.78, 5) is 17.3. The number of ether oxygens (including phenoxy) is 1. The number of methoxy groups -OCH3 is 1. The summed E-state index contributed by atoms with van der Waals surface area (Å²) < 4.78 is 64.5. The van der Waals surface area contributed by atoms with Crippen LogP contribution in [0.5, 0.6) is 5.75 Å². The molecule has 0 fully saturated rings. The Morgan fingerprint density at radius 1 is 1.10 bits per heavy atom. The highest BCUT2D eigenvalue weighted by molar-refractivity contribution is 7.98. The first kappa shape index (κ1) is 38.6. The average molecular weight is 757 g/mol. The number of benzene rings is 3. The number of rotatable bonds is 15. The first-order valence-corrected chi connectivity index (χ1v) is 18.5. The number of hydrogen-bond acceptors (Lipinski definition) is 6. The quantitative estimate of drug-likeness (QED) is 0.142. The molecule has 0 saturated heterocycles. The predicted molar refractivity (Wildman–Crippen MR) is 188 cm³/mol. The molecule has 264 valence electrons. The second-order valence-electron chi connectivity index (χ2n) is 12.3. The van der Waals surface area contributed by atoms with Crippen LogP contribution in [0.3, 0.4) is 0 Å². The zero-order valence-corrected chi connectivity index (χ0v) is 31.1. The number of quaternary nitrogens is 1. The number of carbonyl (C=O) groups is 1. The van der Waals surface area contributed by atoms with E-state index in [2.05, 4.69) is 4.98 Å². The third kappa shape index (κ3) is 8.58. The summed E-state index contributed by atoms with van der Waals surface area (Å²) in [6, 6.07) is 12.0. The van der Waals surface area contributed by atoms with Gasteiger partial charge >= 0.3 is 5.97 Å². The SMILES string of the molecule is COc1cc(C(C)(C)c2cnc(SCc3c(F)cc(S(=O)(=O)N(C)[C@@H](CCC[NH+](C)C)C(=O)O)cc3Cl)n2-c2ccc(F)cc2)ccc1Cl. The van der Waals surface area contributed by atoms with Crippen molar-refractivity contribution >= 4 is 51.0 Å². The van der Waals surface area contributed by atoms with E-state index in [0.29, 0.717) is 34.6 Å². The predicted octanol–water partition coefficient (Wildman–Crippen LogP) is 6.08. The van der Waals surface area contributed by atoms with Gasteiger partial charge in [-0.3, -0.25) is 9.36 Å². The zero-order valence-electron chi connectivity index (χ0n) is 27.9. The topological polar surface area (TPSA) is 106 Å². The van der Waals surface area contributed by atoms with E-state index >= 15 is 4.39 Å². The molecule has 0 amide bonds. The fourth-order valence-electron chi connectivity index (χ4n) is 5.36. The maximum Gasteiger partial charge on any atom is 0.322 e. The van der Waals surface area contributed by atoms with Crippen LogP contribution in [0.2, 0.25) is 10.0 Å². The van der Waals surface area contributed by atoms with E-state index in [1.807, 2.05) is 44.6 Å². The Bertz CT molecular complexity index is 1900. The van der Waals surface area contributed by atoms with Crippen LogP contribution in [-0.4, -0.2) is 74.2 Å². The summed E-state index contributed by atoms with van der Waals surface area (Å²) >= 11 is 13.9. The minimum atomic E-state index is -4.41. The van der Waals surface area contributed by atoms with Crippen molar-refractivity contribution in [2.75, 3.05) is 34.8 Å². The number of aliphatic carboxylic acids is 1. The van der Waals surface area contributed by atoms with Crippen molar-refractivity contribution < 1.29 is 36.7 Å². The number of sulfonamides is 1. The third-order valence-electron chi connectivity index (χ3n) is 8.34. The highest BCUT2D eigenvalue weighted by atomic mass is 35.5. The van der Waals surface area contributed by atoms with Gasteiger partial charge in [0.25, 0.3) is 0 Å². The van der Waals surface area contributed by atoms with Gasteiger partial charge in [0.1, 0.15) is 23.4 Å². The molecule has 0 aliphatic carbocycles. The van der Waals surface area contributed by atoms with E-state index in [-0.39, 0.29) is 22.8 Å². The first-order chi connectivity index (χ1) is 23.0. The molecular weight excluding hydrogens is 717 g/mol. The van der Waals surface area contributed by atoms with Crippen molar-refractivity contribution in [3.63, 3.8) is 0 Å². The Labute approximate surface area is 299 Å². The van der Waals surface area contributed by atoms with Crippen molar-refractivity contribution in [2.24, 2.45) is 0 Å². The summed E-state index contributed by atoms with van der Waals surface area (Å²) in [5.74, 6) is -2.11. The number of carboxylic acids is 1. The zero-order chi connectivity index (χ0) is 36.3. The molecule has 1 atom stereocenters. The number of thioether (sulfide) groups is 1. The van der Waals surface area contributed by atoms with Gasteiger partial charge in [-0.1, -0.05) is 54.9 Å². The van der Waals surface area contributed by atoms with Gasteiger partial charge in [-0.05, 0) is 66.9 Å². The van der Waals surface area contributed by atoms with Crippen LogP contribution in [0, 0.1) is 11.6 Å². The molecule has 4 aromatic rings. The monoisotopic (exact) mass is 755 g/mol. The van der Waals surface area contributed by atoms with Crippen LogP contribution in [0.1, 0.15) is 43.5 Å². The minimum Gasteiger partial charge on any atom is -0.495 e. The number of likely N-dealkylation sites (N-methyl/N-ethyl adjacent to an activating group) is 1. The maximum atomic E-state index is 15.7. The smallest absolute Gasteiger partial charge is 0.322 e. The summed E-state index contributed by atoms with van der Waals surface area (Å²) in [5, 5.41) is 10.5. The van der Waals surface area contributed by atoms with Crippen LogP contribution in [0.4, 0.5) is 8.78 Å². The van der Waals surface area contributed by atoms with Gasteiger partial charge < -0.3 is 14.7 Å². The van der Waals surface area contributed by atoms with E-state index in [9.17, 15) is 22.7 Å². The van der Waals surface area contributed by atoms with Crippen LogP contribution < -0.4 is 9.64 Å². The number of hydrogen-bond donors (Lipinski definition) is 2. The van der Waals surface area contributed by atoms with E-state index in [1.165, 1.54) is 26.3 Å². The second-order valence-corrected chi connectivity index (χ2v) is 16.1. The van der Waals surface area contributed by atoms with Crippen LogP contribution in [0.15, 0.2) is 70.8 Å². The molecule has 3 aromatic carbocycles. The van der Waals surface area contributed by atoms with Crippen LogP contribution in [-0.2, 0) is 26.0 Å². The highest BCUT2D eigenvalue weighted by Gasteiger charge is 2.34. The molecule has 0 unspecified atom stereocenters. The Morgan fingerprint density at radius 2 is 1.78 bits per heavy atom. The second kappa shape index (κ2) is 15.8. The van der Waals surface area contributed by atoms with Gasteiger partial charge in [-0.15, -0.1) is 0 Å². The van der Waals surface area contributed by atoms with Crippen molar-refractivity contribution in [1.29, 1.82) is 0 Å². The van der Waals surface area contributed by atoms with Crippen molar-refractivity contribution in [1.82, 2.24) is 13.9 Å². The van der Waals surface area contributed by atoms with Crippen molar-refractivity contribution in [3.05, 3.63) is 99.3 Å². The largest absolute Gasteiger partial charge is 0.495 e. The van der Waals surface area contributed by atoms with Gasteiger partial charge in [-0.25, -0.2) is 22.2 Å². The van der Waals surface area contributed by atoms with E-state index in [1.54, 1.807) is 24.4 Å². The van der Waals surface area contributed by atoms with Crippen molar-refractivity contribution in [3.8, 4) is 11.4 Å². The lowest BCUT2D eigenvalue weighted by atomic mass is 9.81. The van der Waals surface area contributed by atoms with E-state index in [0.717, 1.165) is 44.4 Å². The molecule has 0 bridgehead atoms. The molecule has 0 radical (unpaired) electrons. The first-order valence-electron chi connectivity index (χ1n) is 15.3. The fourth-order valence-corrected chi connectivity index (χ4v) is 8.38. The molecule has 15 heteroatoms. The molecule has 0 saturated carbocycles. The number of aromatic nitrogens is 2. The number of carboxylic acid groups (broad SMARTS) is 1. The van der Waals surface area contributed by atoms with Gasteiger partial charge in [0.15, 0.2) is 5.16 Å². The third-order valence-corrected chi connectivity index (χ3v) is 11.8. The fraction of sp³-hybridized carbons (Fsp3) is 0.353. The van der Waals surface area contributed by atoms with Gasteiger partial charge in [0.05, 0.1) is 49.6 Å². The summed E-state index contributed by atoms with van der Waals surface area (Å²) in [6.45, 7) is 4.64. The Kier molecular flexibility index (Phi) is 12.4. The van der Waals surface area contributed by atoms with Crippen LogP contribution in [0.25, 0.3) is 5.69 Å². The molecule has 2 N–H and O–H groups in total. The summed E-state index contributed by atoms with van der Waals surface area (Å²) in [7, 11) is 2.11. The van der Waals surface area contributed by atoms with E-state index < -0.39 is 44.0 Å². The van der Waals surface area contributed by atoms with Crippen LogP contribution >= 0.6 is 35.0 Å².